The van der Waals surface area contributed by atoms with Crippen molar-refractivity contribution < 1.29 is 4.84 Å². The molecular weight excluding hydrogens is 320 g/mol. The van der Waals surface area contributed by atoms with Crippen molar-refractivity contribution >= 4 is 0 Å². The highest BCUT2D eigenvalue weighted by Gasteiger charge is 2.34. The second-order valence-corrected chi connectivity index (χ2v) is 8.29. The molecule has 0 amide bonds. The normalized spacial score (nSPS) is 14.7. The third-order valence-electron chi connectivity index (χ3n) is 4.64. The van der Waals surface area contributed by atoms with Gasteiger partial charge in [0.25, 0.3) is 0 Å². The summed E-state index contributed by atoms with van der Waals surface area (Å²) >= 11 is 0. The zero-order valence-corrected chi connectivity index (χ0v) is 17.1. The first-order chi connectivity index (χ1) is 12.2. The van der Waals surface area contributed by atoms with Crippen LogP contribution < -0.4 is 5.73 Å². The van der Waals surface area contributed by atoms with Gasteiger partial charge in [-0.2, -0.15) is 5.06 Å². The van der Waals surface area contributed by atoms with Crippen molar-refractivity contribution in [3.05, 3.63) is 71.3 Å². The molecule has 2 rings (SSSR count). The molecule has 0 spiro atoms. The molecule has 2 unspecified atom stereocenters. The smallest absolute Gasteiger partial charge is 0.102 e. The van der Waals surface area contributed by atoms with Crippen molar-refractivity contribution in [2.75, 3.05) is 0 Å². The molecule has 2 N–H and O–H groups in total. The van der Waals surface area contributed by atoms with Crippen molar-refractivity contribution in [1.29, 1.82) is 0 Å². The maximum Gasteiger partial charge on any atom is 0.102 e. The Labute approximate surface area is 159 Å². The summed E-state index contributed by atoms with van der Waals surface area (Å²) < 4.78 is 0. The summed E-state index contributed by atoms with van der Waals surface area (Å²) in [4.78, 5) is 6.55. The Bertz CT molecular complexity index is 659. The molecule has 2 aromatic rings. The maximum absolute atomic E-state index is 6.55. The van der Waals surface area contributed by atoms with Gasteiger partial charge in [-0.25, -0.2) is 0 Å². The number of rotatable bonds is 7. The average molecular weight is 355 g/mol. The highest BCUT2D eigenvalue weighted by Crippen LogP contribution is 2.36. The molecule has 0 saturated heterocycles. The molecule has 0 saturated carbocycles. The Kier molecular flexibility index (Phi) is 6.99. The zero-order valence-electron chi connectivity index (χ0n) is 17.1. The topological polar surface area (TPSA) is 38.5 Å². The van der Waals surface area contributed by atoms with E-state index in [2.05, 4.69) is 101 Å². The molecule has 2 aromatic carbocycles. The van der Waals surface area contributed by atoms with E-state index in [-0.39, 0.29) is 17.7 Å². The van der Waals surface area contributed by atoms with E-state index in [4.69, 9.17) is 10.6 Å². The van der Waals surface area contributed by atoms with Crippen LogP contribution in [0.1, 0.15) is 70.4 Å². The largest absolute Gasteiger partial charge is 0.326 e. The lowest BCUT2D eigenvalue weighted by Gasteiger charge is -2.44. The number of nitrogens with zero attached hydrogens (tertiary/aromatic N) is 1. The van der Waals surface area contributed by atoms with Gasteiger partial charge in [0.05, 0.1) is 6.04 Å². The van der Waals surface area contributed by atoms with Gasteiger partial charge >= 0.3 is 0 Å². The van der Waals surface area contributed by atoms with Crippen molar-refractivity contribution in [2.24, 2.45) is 11.7 Å². The molecule has 0 aliphatic carbocycles. The summed E-state index contributed by atoms with van der Waals surface area (Å²) in [5.74, 6) is 0.420. The first-order valence-electron chi connectivity index (χ1n) is 9.54. The van der Waals surface area contributed by atoms with Gasteiger partial charge in [0.1, 0.15) is 6.10 Å². The maximum atomic E-state index is 6.55. The Hall–Kier alpha value is -1.68. The molecule has 0 aliphatic rings. The second kappa shape index (κ2) is 8.81. The lowest BCUT2D eigenvalue weighted by Crippen LogP contribution is -2.46. The monoisotopic (exact) mass is 354 g/mol. The van der Waals surface area contributed by atoms with Gasteiger partial charge in [-0.05, 0) is 50.3 Å². The number of nitrogens with two attached hydrogens (primary N) is 1. The lowest BCUT2D eigenvalue weighted by atomic mass is 9.92. The van der Waals surface area contributed by atoms with Gasteiger partial charge in [0.15, 0.2) is 0 Å². The van der Waals surface area contributed by atoms with Gasteiger partial charge in [0, 0.05) is 12.1 Å². The minimum atomic E-state index is -0.129. The second-order valence-electron chi connectivity index (χ2n) is 8.29. The Balaban J connectivity index is 2.31. The van der Waals surface area contributed by atoms with E-state index in [0.29, 0.717) is 12.5 Å². The Morgan fingerprint density at radius 1 is 0.885 bits per heavy atom. The van der Waals surface area contributed by atoms with Crippen LogP contribution in [0.25, 0.3) is 0 Å². The molecule has 0 radical (unpaired) electrons. The van der Waals surface area contributed by atoms with Gasteiger partial charge < -0.3 is 5.73 Å². The fraction of sp³-hybridized carbons (Fsp3) is 0.478. The molecule has 2 atom stereocenters. The molecule has 0 bridgehead atoms. The SMILES string of the molecule is CC(ON(C(c1ccccc1)C(C)C)C(C)(C)C)c1ccc(CN)cc1. The minimum absolute atomic E-state index is 0.0361. The molecule has 0 fully saturated rings. The standard InChI is InChI=1S/C23H34N2O/c1-17(2)22(21-10-8-7-9-11-21)25(23(4,5)6)26-18(3)20-14-12-19(16-24)13-15-20/h7-15,17-18,22H,16,24H2,1-6H3. The third kappa shape index (κ3) is 5.16. The van der Waals surface area contributed by atoms with E-state index in [9.17, 15) is 0 Å². The van der Waals surface area contributed by atoms with E-state index in [1.54, 1.807) is 0 Å². The number of hydrogen-bond acceptors (Lipinski definition) is 3. The summed E-state index contributed by atoms with van der Waals surface area (Å²) in [5, 5.41) is 2.18. The van der Waals surface area contributed by atoms with Crippen molar-refractivity contribution in [3.63, 3.8) is 0 Å². The first-order valence-corrected chi connectivity index (χ1v) is 9.54. The number of hydroxylamine groups is 2. The highest BCUT2D eigenvalue weighted by atomic mass is 16.7. The van der Waals surface area contributed by atoms with Crippen LogP contribution in [0.3, 0.4) is 0 Å². The molecule has 0 aliphatic heterocycles. The van der Waals surface area contributed by atoms with Gasteiger partial charge in [-0.1, -0.05) is 68.4 Å². The van der Waals surface area contributed by atoms with E-state index in [1.807, 2.05) is 0 Å². The lowest BCUT2D eigenvalue weighted by molar-refractivity contribution is -0.272. The Morgan fingerprint density at radius 2 is 1.46 bits per heavy atom. The van der Waals surface area contributed by atoms with E-state index < -0.39 is 0 Å². The van der Waals surface area contributed by atoms with Gasteiger partial charge in [-0.3, -0.25) is 4.84 Å². The molecule has 0 heterocycles. The highest BCUT2D eigenvalue weighted by molar-refractivity contribution is 5.24. The van der Waals surface area contributed by atoms with E-state index in [1.165, 1.54) is 5.56 Å². The van der Waals surface area contributed by atoms with Crippen LogP contribution in [0.2, 0.25) is 0 Å². The fourth-order valence-electron chi connectivity index (χ4n) is 3.24. The van der Waals surface area contributed by atoms with Gasteiger partial charge in [0.2, 0.25) is 0 Å². The fourth-order valence-corrected chi connectivity index (χ4v) is 3.24. The van der Waals surface area contributed by atoms with Crippen LogP contribution in [-0.4, -0.2) is 10.6 Å². The van der Waals surface area contributed by atoms with Crippen molar-refractivity contribution in [1.82, 2.24) is 5.06 Å². The van der Waals surface area contributed by atoms with Crippen molar-refractivity contribution in [3.8, 4) is 0 Å². The summed E-state index contributed by atoms with van der Waals surface area (Å²) in [6, 6.07) is 19.2. The summed E-state index contributed by atoms with van der Waals surface area (Å²) in [5.41, 5.74) is 9.16. The molecule has 0 aromatic heterocycles. The van der Waals surface area contributed by atoms with Crippen molar-refractivity contribution in [2.45, 2.75) is 65.8 Å². The summed E-state index contributed by atoms with van der Waals surface area (Å²) in [6.07, 6.45) is -0.0361. The quantitative estimate of drug-likeness (QED) is 0.654. The van der Waals surface area contributed by atoms with Crippen LogP contribution in [0.4, 0.5) is 0 Å². The summed E-state index contributed by atoms with van der Waals surface area (Å²) in [7, 11) is 0. The number of hydrogen-bond donors (Lipinski definition) is 1. The van der Waals surface area contributed by atoms with Crippen LogP contribution in [-0.2, 0) is 11.4 Å². The van der Waals surface area contributed by atoms with Crippen LogP contribution in [0.15, 0.2) is 54.6 Å². The van der Waals surface area contributed by atoms with Gasteiger partial charge in [-0.15, -0.1) is 0 Å². The summed E-state index contributed by atoms with van der Waals surface area (Å²) in [6.45, 7) is 13.8. The van der Waals surface area contributed by atoms with Crippen LogP contribution in [0, 0.1) is 5.92 Å². The number of benzene rings is 2. The third-order valence-corrected chi connectivity index (χ3v) is 4.64. The van der Waals surface area contributed by atoms with E-state index >= 15 is 0 Å². The predicted octanol–water partition coefficient (Wildman–Crippen LogP) is 5.64. The molecule has 142 valence electrons. The predicted molar refractivity (Wildman–Crippen MR) is 109 cm³/mol. The minimum Gasteiger partial charge on any atom is -0.326 e. The average Bonchev–Trinajstić information content (AvgIpc) is 2.61. The Morgan fingerprint density at radius 3 is 1.92 bits per heavy atom. The molecule has 3 heteroatoms. The zero-order chi connectivity index (χ0) is 19.3. The molecular formula is C23H34N2O. The van der Waals surface area contributed by atoms with Crippen LogP contribution in [0.5, 0.6) is 0 Å². The molecule has 26 heavy (non-hydrogen) atoms. The van der Waals surface area contributed by atoms with E-state index in [0.717, 1.165) is 11.1 Å². The van der Waals surface area contributed by atoms with Crippen LogP contribution >= 0.6 is 0 Å². The first kappa shape index (κ1) is 20.6. The molecule has 3 nitrogen and oxygen atoms in total.